The Balaban J connectivity index is 2.33. The molecule has 0 bridgehead atoms. The molecule has 0 N–H and O–H groups in total. The number of ketones is 1. The largest absolute Gasteiger partial charge is 0.468 e. The molecular weight excluding hydrogens is 224 g/mol. The number of rotatable bonds is 3. The lowest BCUT2D eigenvalue weighted by atomic mass is 9.65. The van der Waals surface area contributed by atoms with Gasteiger partial charge in [-0.15, -0.1) is 11.3 Å². The molecule has 1 aliphatic carbocycles. The van der Waals surface area contributed by atoms with E-state index in [4.69, 9.17) is 4.74 Å². The van der Waals surface area contributed by atoms with Gasteiger partial charge >= 0.3 is 5.97 Å². The molecular formula is C12H14O3S. The fraction of sp³-hybridized carbons (Fsp3) is 0.500. The highest BCUT2D eigenvalue weighted by molar-refractivity contribution is 7.12. The first-order valence-corrected chi connectivity index (χ1v) is 6.17. The van der Waals surface area contributed by atoms with E-state index in [9.17, 15) is 9.59 Å². The van der Waals surface area contributed by atoms with Crippen molar-refractivity contribution in [2.45, 2.75) is 26.2 Å². The third kappa shape index (κ3) is 1.48. The first-order valence-electron chi connectivity index (χ1n) is 5.29. The molecule has 0 spiro atoms. The van der Waals surface area contributed by atoms with Crippen LogP contribution in [0.5, 0.6) is 0 Å². The van der Waals surface area contributed by atoms with Crippen molar-refractivity contribution in [3.8, 4) is 0 Å². The van der Waals surface area contributed by atoms with Crippen LogP contribution in [0.15, 0.2) is 11.4 Å². The highest BCUT2D eigenvalue weighted by atomic mass is 32.1. The van der Waals surface area contributed by atoms with Crippen LogP contribution < -0.4 is 0 Å². The average molecular weight is 238 g/mol. The maximum atomic E-state index is 12.3. The molecule has 0 unspecified atom stereocenters. The average Bonchev–Trinajstić information content (AvgIpc) is 2.62. The van der Waals surface area contributed by atoms with Gasteiger partial charge in [-0.05, 0) is 36.8 Å². The van der Waals surface area contributed by atoms with Crippen molar-refractivity contribution in [2.75, 3.05) is 7.11 Å². The maximum Gasteiger partial charge on any atom is 0.319 e. The van der Waals surface area contributed by atoms with E-state index in [1.165, 1.54) is 18.4 Å². The second-order valence-corrected chi connectivity index (χ2v) is 5.11. The Morgan fingerprint density at radius 2 is 2.12 bits per heavy atom. The van der Waals surface area contributed by atoms with E-state index in [0.29, 0.717) is 17.7 Å². The van der Waals surface area contributed by atoms with Gasteiger partial charge in [-0.2, -0.15) is 0 Å². The van der Waals surface area contributed by atoms with Crippen molar-refractivity contribution in [3.63, 3.8) is 0 Å². The predicted octanol–water partition coefficient (Wildman–Crippen LogP) is 2.58. The summed E-state index contributed by atoms with van der Waals surface area (Å²) in [7, 11) is 1.34. The second kappa shape index (κ2) is 4.01. The van der Waals surface area contributed by atoms with Gasteiger partial charge in [0, 0.05) is 0 Å². The zero-order chi connectivity index (χ0) is 11.8. The van der Waals surface area contributed by atoms with Crippen LogP contribution in [0.3, 0.4) is 0 Å². The molecule has 4 heteroatoms. The van der Waals surface area contributed by atoms with Crippen LogP contribution in [0.25, 0.3) is 0 Å². The molecule has 2 rings (SSSR count). The van der Waals surface area contributed by atoms with E-state index in [1.54, 1.807) is 0 Å². The molecule has 1 aromatic rings. The molecule has 3 nitrogen and oxygen atoms in total. The number of hydrogen-bond acceptors (Lipinski definition) is 4. The normalized spacial score (nSPS) is 17.6. The quantitative estimate of drug-likeness (QED) is 0.462. The topological polar surface area (TPSA) is 43.4 Å². The Morgan fingerprint density at radius 3 is 2.50 bits per heavy atom. The summed E-state index contributed by atoms with van der Waals surface area (Å²) >= 11 is 1.40. The molecule has 86 valence electrons. The van der Waals surface area contributed by atoms with Gasteiger partial charge in [0.2, 0.25) is 0 Å². The molecule has 0 saturated heterocycles. The number of hydrogen-bond donors (Lipinski definition) is 0. The van der Waals surface area contributed by atoms with Crippen LogP contribution >= 0.6 is 11.3 Å². The summed E-state index contributed by atoms with van der Waals surface area (Å²) < 4.78 is 4.76. The lowest BCUT2D eigenvalue weighted by Crippen LogP contribution is -2.45. The molecule has 0 aromatic carbocycles. The summed E-state index contributed by atoms with van der Waals surface area (Å²) in [5.41, 5.74) is 0.0647. The summed E-state index contributed by atoms with van der Waals surface area (Å²) in [6.45, 7) is 1.90. The third-order valence-corrected chi connectivity index (χ3v) is 4.30. The molecule has 1 aliphatic rings. The molecule has 0 amide bonds. The maximum absolute atomic E-state index is 12.3. The fourth-order valence-electron chi connectivity index (χ4n) is 2.07. The Kier molecular flexibility index (Phi) is 2.84. The third-order valence-electron chi connectivity index (χ3n) is 3.29. The number of esters is 1. The van der Waals surface area contributed by atoms with Crippen LogP contribution in [0, 0.1) is 12.3 Å². The summed E-state index contributed by atoms with van der Waals surface area (Å²) in [6.07, 6.45) is 2.16. The van der Waals surface area contributed by atoms with Crippen molar-refractivity contribution < 1.29 is 14.3 Å². The van der Waals surface area contributed by atoms with Gasteiger partial charge in [0.1, 0.15) is 5.41 Å². The minimum absolute atomic E-state index is 0.0573. The van der Waals surface area contributed by atoms with Gasteiger partial charge in [0.15, 0.2) is 5.78 Å². The summed E-state index contributed by atoms with van der Waals surface area (Å²) in [4.78, 5) is 24.8. The van der Waals surface area contributed by atoms with Gasteiger partial charge in [-0.3, -0.25) is 9.59 Å². The predicted molar refractivity (Wildman–Crippen MR) is 61.7 cm³/mol. The molecule has 1 heterocycles. The summed E-state index contributed by atoms with van der Waals surface area (Å²) in [6, 6.07) is 1.90. The zero-order valence-corrected chi connectivity index (χ0v) is 10.2. The van der Waals surface area contributed by atoms with E-state index in [0.717, 1.165) is 12.0 Å². The van der Waals surface area contributed by atoms with Crippen molar-refractivity contribution in [1.82, 2.24) is 0 Å². The Labute approximate surface area is 98.4 Å². The Bertz CT molecular complexity index is 429. The molecule has 1 fully saturated rings. The monoisotopic (exact) mass is 238 g/mol. The van der Waals surface area contributed by atoms with Crippen molar-refractivity contribution in [1.29, 1.82) is 0 Å². The number of thiophene rings is 1. The van der Waals surface area contributed by atoms with E-state index >= 15 is 0 Å². The van der Waals surface area contributed by atoms with Crippen LogP contribution in [0.2, 0.25) is 0 Å². The highest BCUT2D eigenvalue weighted by Crippen LogP contribution is 2.45. The number of methoxy groups -OCH3 is 1. The van der Waals surface area contributed by atoms with Gasteiger partial charge in [0.25, 0.3) is 0 Å². The lowest BCUT2D eigenvalue weighted by Gasteiger charge is -2.36. The van der Waals surface area contributed by atoms with Crippen LogP contribution in [0.4, 0.5) is 0 Å². The summed E-state index contributed by atoms with van der Waals surface area (Å²) in [5.74, 6) is -0.436. The molecule has 16 heavy (non-hydrogen) atoms. The number of carbonyl (C=O) groups excluding carboxylic acids is 2. The first kappa shape index (κ1) is 11.3. The number of aryl methyl sites for hydroxylation is 1. The van der Waals surface area contributed by atoms with E-state index < -0.39 is 5.41 Å². The van der Waals surface area contributed by atoms with E-state index in [2.05, 4.69) is 0 Å². The van der Waals surface area contributed by atoms with Crippen LogP contribution in [0.1, 0.15) is 34.5 Å². The Hall–Kier alpha value is -1.16. The van der Waals surface area contributed by atoms with E-state index in [1.807, 2.05) is 18.4 Å². The second-order valence-electron chi connectivity index (χ2n) is 4.19. The SMILES string of the molecule is COC(=O)C1(C(=O)c2sccc2C)CCC1. The number of ether oxygens (including phenoxy) is 1. The van der Waals surface area contributed by atoms with Crippen LogP contribution in [-0.2, 0) is 9.53 Å². The van der Waals surface area contributed by atoms with Gasteiger partial charge in [-0.25, -0.2) is 0 Å². The minimum Gasteiger partial charge on any atom is -0.468 e. The van der Waals surface area contributed by atoms with Gasteiger partial charge < -0.3 is 4.74 Å². The zero-order valence-electron chi connectivity index (χ0n) is 9.41. The number of carbonyl (C=O) groups is 2. The van der Waals surface area contributed by atoms with Gasteiger partial charge in [0.05, 0.1) is 12.0 Å². The molecule has 0 radical (unpaired) electrons. The molecule has 1 aromatic heterocycles. The molecule has 0 atom stereocenters. The van der Waals surface area contributed by atoms with Gasteiger partial charge in [-0.1, -0.05) is 6.42 Å². The smallest absolute Gasteiger partial charge is 0.319 e. The number of Topliss-reactive ketones (excluding diaryl/α,β-unsaturated/α-hetero) is 1. The summed E-state index contributed by atoms with van der Waals surface area (Å²) in [5, 5.41) is 1.88. The molecule has 1 saturated carbocycles. The van der Waals surface area contributed by atoms with Crippen molar-refractivity contribution in [3.05, 3.63) is 21.9 Å². The first-order chi connectivity index (χ1) is 7.62. The Morgan fingerprint density at radius 1 is 1.44 bits per heavy atom. The van der Waals surface area contributed by atoms with Crippen molar-refractivity contribution in [2.24, 2.45) is 5.41 Å². The fourth-order valence-corrected chi connectivity index (χ4v) is 3.04. The highest BCUT2D eigenvalue weighted by Gasteiger charge is 2.52. The standard InChI is InChI=1S/C12H14O3S/c1-8-4-7-16-9(8)10(13)12(5-3-6-12)11(14)15-2/h4,7H,3,5-6H2,1-2H3. The van der Waals surface area contributed by atoms with Crippen molar-refractivity contribution >= 4 is 23.1 Å². The minimum atomic E-state index is -0.885. The van der Waals surface area contributed by atoms with Crippen LogP contribution in [-0.4, -0.2) is 18.9 Å². The lowest BCUT2D eigenvalue weighted by molar-refractivity contribution is -0.153. The molecule has 0 aliphatic heterocycles. The van der Waals surface area contributed by atoms with E-state index in [-0.39, 0.29) is 11.8 Å².